The summed E-state index contributed by atoms with van der Waals surface area (Å²) in [6, 6.07) is 14.9. The van der Waals surface area contributed by atoms with Gasteiger partial charge in [0.05, 0.1) is 5.69 Å². The minimum Gasteiger partial charge on any atom is -0.383 e. The van der Waals surface area contributed by atoms with Crippen molar-refractivity contribution < 1.29 is 4.79 Å². The van der Waals surface area contributed by atoms with Crippen LogP contribution in [0.2, 0.25) is 0 Å². The number of benzene rings is 1. The van der Waals surface area contributed by atoms with E-state index in [9.17, 15) is 10.1 Å². The molecule has 0 radical (unpaired) electrons. The van der Waals surface area contributed by atoms with Crippen LogP contribution < -0.4 is 11.1 Å². The normalized spacial score (nSPS) is 10.2. The number of carbonyl (C=O) groups excluding carboxylic acids is 1. The number of carbonyl (C=O) groups is 1. The van der Waals surface area contributed by atoms with Crippen molar-refractivity contribution >= 4 is 17.4 Å². The van der Waals surface area contributed by atoms with Crippen molar-refractivity contribution in [3.63, 3.8) is 0 Å². The molecule has 24 heavy (non-hydrogen) atoms. The number of nitrogens with one attached hydrogen (secondary N) is 2. The van der Waals surface area contributed by atoms with Crippen LogP contribution in [-0.2, 0) is 4.79 Å². The molecule has 1 amide bonds. The lowest BCUT2D eigenvalue weighted by atomic mass is 10.0. The molecule has 0 saturated carbocycles. The predicted molar refractivity (Wildman–Crippen MR) is 92.9 cm³/mol. The molecule has 6 heteroatoms. The Labute approximate surface area is 139 Å². The smallest absolute Gasteiger partial charge is 0.221 e. The summed E-state index contributed by atoms with van der Waals surface area (Å²) in [5.74, 6) is 0.0584. The lowest BCUT2D eigenvalue weighted by Gasteiger charge is -2.09. The molecule has 0 unspecified atom stereocenters. The Morgan fingerprint density at radius 3 is 2.62 bits per heavy atom. The van der Waals surface area contributed by atoms with Crippen LogP contribution in [0.25, 0.3) is 22.5 Å². The molecule has 2 heterocycles. The summed E-state index contributed by atoms with van der Waals surface area (Å²) >= 11 is 0. The number of H-pyrrole nitrogens is 1. The van der Waals surface area contributed by atoms with E-state index in [0.29, 0.717) is 22.5 Å². The van der Waals surface area contributed by atoms with Crippen molar-refractivity contribution in [2.75, 3.05) is 11.1 Å². The zero-order chi connectivity index (χ0) is 17.1. The summed E-state index contributed by atoms with van der Waals surface area (Å²) in [4.78, 5) is 18.5. The van der Waals surface area contributed by atoms with E-state index in [2.05, 4.69) is 21.4 Å². The quantitative estimate of drug-likeness (QED) is 0.689. The highest BCUT2D eigenvalue weighted by molar-refractivity contribution is 5.89. The first-order chi connectivity index (χ1) is 11.6. The molecule has 0 aliphatic heterocycles. The molecule has 4 N–H and O–H groups in total. The molecule has 3 aromatic rings. The Balaban J connectivity index is 2.06. The zero-order valence-electron chi connectivity index (χ0n) is 13.0. The predicted octanol–water partition coefficient (Wildman–Crippen LogP) is 3.16. The van der Waals surface area contributed by atoms with Gasteiger partial charge in [-0.3, -0.25) is 4.79 Å². The number of nitrogen functional groups attached to an aromatic ring is 1. The van der Waals surface area contributed by atoms with E-state index >= 15 is 0 Å². The standard InChI is InChI=1S/C18H15N5O/c1-11(24)22-13-6-4-12(5-7-13)17-9-14(16-3-2-8-21-16)15(10-19)18(20)23-17/h2-9,21H,1H3,(H2,20,23)(H,22,24). The van der Waals surface area contributed by atoms with E-state index in [4.69, 9.17) is 5.73 Å². The molecule has 0 fully saturated rings. The molecule has 0 aliphatic rings. The van der Waals surface area contributed by atoms with Gasteiger partial charge in [-0.15, -0.1) is 0 Å². The van der Waals surface area contributed by atoms with Crippen LogP contribution >= 0.6 is 0 Å². The van der Waals surface area contributed by atoms with Crippen molar-refractivity contribution in [2.45, 2.75) is 6.92 Å². The van der Waals surface area contributed by atoms with E-state index in [0.717, 1.165) is 11.3 Å². The second-order valence-corrected chi connectivity index (χ2v) is 5.27. The van der Waals surface area contributed by atoms with E-state index in [1.165, 1.54) is 6.92 Å². The van der Waals surface area contributed by atoms with E-state index in [-0.39, 0.29) is 11.7 Å². The van der Waals surface area contributed by atoms with Crippen LogP contribution in [0.15, 0.2) is 48.7 Å². The zero-order valence-corrected chi connectivity index (χ0v) is 13.0. The maximum Gasteiger partial charge on any atom is 0.221 e. The summed E-state index contributed by atoms with van der Waals surface area (Å²) < 4.78 is 0. The summed E-state index contributed by atoms with van der Waals surface area (Å²) in [6.45, 7) is 1.46. The van der Waals surface area contributed by atoms with Crippen molar-refractivity contribution in [1.29, 1.82) is 5.26 Å². The number of nitrogens with zero attached hydrogens (tertiary/aromatic N) is 2. The second kappa shape index (κ2) is 6.26. The minimum atomic E-state index is -0.127. The fraction of sp³-hybridized carbons (Fsp3) is 0.0556. The van der Waals surface area contributed by atoms with Crippen LogP contribution in [-0.4, -0.2) is 15.9 Å². The summed E-state index contributed by atoms with van der Waals surface area (Å²) in [5.41, 5.74) is 10.0. The van der Waals surface area contributed by atoms with Gasteiger partial charge < -0.3 is 16.0 Å². The molecular formula is C18H15N5O. The highest BCUT2D eigenvalue weighted by atomic mass is 16.1. The number of aromatic nitrogens is 2. The van der Waals surface area contributed by atoms with Gasteiger partial charge in [0.1, 0.15) is 17.5 Å². The van der Waals surface area contributed by atoms with Gasteiger partial charge in [-0.25, -0.2) is 4.98 Å². The highest BCUT2D eigenvalue weighted by Gasteiger charge is 2.13. The third-order valence-corrected chi connectivity index (χ3v) is 3.55. The van der Waals surface area contributed by atoms with Gasteiger partial charge in [0, 0.05) is 35.6 Å². The fourth-order valence-electron chi connectivity index (χ4n) is 2.47. The number of rotatable bonds is 3. The first-order valence-electron chi connectivity index (χ1n) is 7.31. The van der Waals surface area contributed by atoms with Crippen LogP contribution in [0.1, 0.15) is 12.5 Å². The number of amides is 1. The van der Waals surface area contributed by atoms with Gasteiger partial charge in [0.2, 0.25) is 5.91 Å². The molecule has 0 spiro atoms. The first kappa shape index (κ1) is 15.3. The molecule has 2 aromatic heterocycles. The van der Waals surface area contributed by atoms with Gasteiger partial charge in [-0.05, 0) is 30.3 Å². The third-order valence-electron chi connectivity index (χ3n) is 3.55. The van der Waals surface area contributed by atoms with E-state index in [1.54, 1.807) is 18.3 Å². The Morgan fingerprint density at radius 2 is 2.04 bits per heavy atom. The van der Waals surface area contributed by atoms with Gasteiger partial charge in [0.25, 0.3) is 0 Å². The van der Waals surface area contributed by atoms with E-state index in [1.807, 2.05) is 30.3 Å². The number of pyridine rings is 1. The van der Waals surface area contributed by atoms with Crippen molar-refractivity contribution in [3.05, 3.63) is 54.2 Å². The van der Waals surface area contributed by atoms with Gasteiger partial charge in [-0.2, -0.15) is 5.26 Å². The van der Waals surface area contributed by atoms with Gasteiger partial charge in [-0.1, -0.05) is 12.1 Å². The molecule has 1 aromatic carbocycles. The number of nitrogens with two attached hydrogens (primary N) is 1. The Bertz CT molecular complexity index is 921. The minimum absolute atomic E-state index is 0.127. The average Bonchev–Trinajstić information content (AvgIpc) is 3.08. The van der Waals surface area contributed by atoms with Crippen LogP contribution in [0.5, 0.6) is 0 Å². The Kier molecular flexibility index (Phi) is 4.00. The monoisotopic (exact) mass is 317 g/mol. The van der Waals surface area contributed by atoms with Crippen molar-refractivity contribution in [2.24, 2.45) is 0 Å². The summed E-state index contributed by atoms with van der Waals surface area (Å²) in [6.07, 6.45) is 1.79. The molecule has 0 aliphatic carbocycles. The van der Waals surface area contributed by atoms with Crippen molar-refractivity contribution in [3.8, 4) is 28.6 Å². The molecular weight excluding hydrogens is 302 g/mol. The molecule has 6 nitrogen and oxygen atoms in total. The molecule has 0 saturated heterocycles. The number of aromatic amines is 1. The van der Waals surface area contributed by atoms with Crippen LogP contribution in [0.3, 0.4) is 0 Å². The summed E-state index contributed by atoms with van der Waals surface area (Å²) in [5, 5.41) is 12.1. The molecule has 0 bridgehead atoms. The topological polar surface area (TPSA) is 108 Å². The number of nitriles is 1. The second-order valence-electron chi connectivity index (χ2n) is 5.27. The molecule has 118 valence electrons. The third kappa shape index (κ3) is 2.96. The van der Waals surface area contributed by atoms with E-state index < -0.39 is 0 Å². The Morgan fingerprint density at radius 1 is 1.29 bits per heavy atom. The SMILES string of the molecule is CC(=O)Nc1ccc(-c2cc(-c3ccc[nH]3)c(C#N)c(N)n2)cc1. The number of hydrogen-bond donors (Lipinski definition) is 3. The van der Waals surface area contributed by atoms with Crippen LogP contribution in [0, 0.1) is 11.3 Å². The number of anilines is 2. The highest BCUT2D eigenvalue weighted by Crippen LogP contribution is 2.30. The largest absolute Gasteiger partial charge is 0.383 e. The molecule has 3 rings (SSSR count). The van der Waals surface area contributed by atoms with Gasteiger partial charge >= 0.3 is 0 Å². The lowest BCUT2D eigenvalue weighted by Crippen LogP contribution is -2.05. The van der Waals surface area contributed by atoms with Crippen LogP contribution in [0.4, 0.5) is 11.5 Å². The maximum atomic E-state index is 11.1. The first-order valence-corrected chi connectivity index (χ1v) is 7.31. The summed E-state index contributed by atoms with van der Waals surface area (Å²) in [7, 11) is 0. The Hall–Kier alpha value is -3.59. The average molecular weight is 317 g/mol. The molecule has 0 atom stereocenters. The lowest BCUT2D eigenvalue weighted by molar-refractivity contribution is -0.114. The maximum absolute atomic E-state index is 11.1. The number of hydrogen-bond acceptors (Lipinski definition) is 4. The fourth-order valence-corrected chi connectivity index (χ4v) is 2.47. The van der Waals surface area contributed by atoms with Gasteiger partial charge in [0.15, 0.2) is 0 Å². The van der Waals surface area contributed by atoms with Crippen molar-refractivity contribution in [1.82, 2.24) is 9.97 Å².